The molecular weight excluding hydrogens is 464 g/mol. The molecule has 6 nitrogen and oxygen atoms in total. The van der Waals surface area contributed by atoms with E-state index in [0.717, 1.165) is 21.9 Å². The molecule has 0 bridgehead atoms. The first-order chi connectivity index (χ1) is 17.7. The topological polar surface area (TPSA) is 87.7 Å². The molecule has 37 heavy (non-hydrogen) atoms. The summed E-state index contributed by atoms with van der Waals surface area (Å²) in [5.74, 6) is -0.177. The number of phenols is 1. The van der Waals surface area contributed by atoms with Crippen LogP contribution in [0.4, 0.5) is 4.79 Å². The smallest absolute Gasteiger partial charge is 0.408 e. The van der Waals surface area contributed by atoms with Gasteiger partial charge in [-0.2, -0.15) is 0 Å². The fourth-order valence-corrected chi connectivity index (χ4v) is 4.78. The summed E-state index contributed by atoms with van der Waals surface area (Å²) in [6, 6.07) is 24.6. The number of amides is 2. The van der Waals surface area contributed by atoms with E-state index in [0.29, 0.717) is 6.54 Å². The predicted molar refractivity (Wildman–Crippen MR) is 147 cm³/mol. The zero-order valence-corrected chi connectivity index (χ0v) is 21.2. The number of carbonyl (C=O) groups is 2. The van der Waals surface area contributed by atoms with Crippen molar-refractivity contribution in [2.45, 2.75) is 45.4 Å². The van der Waals surface area contributed by atoms with Crippen molar-refractivity contribution < 1.29 is 19.4 Å². The standard InChI is InChI=1S/C31H30N2O4/c1-31(2,3)37-30(36)33-26(17-19-7-14-24(34)15-8-19)29(35)32-18-23-12-11-22-10-9-20-5-4-6-21-13-16-25(23)28(22)27(20)21/h4-16,26,34H,17-18H2,1-3H3,(H,32,35)(H,33,36)/t26-/m0/s1. The van der Waals surface area contributed by atoms with E-state index in [1.54, 1.807) is 45.0 Å². The molecule has 0 aliphatic carbocycles. The minimum atomic E-state index is -0.848. The number of carbonyl (C=O) groups excluding carboxylic acids is 2. The Morgan fingerprint density at radius 2 is 1.46 bits per heavy atom. The number of aromatic hydroxyl groups is 1. The third kappa shape index (κ3) is 5.28. The second-order valence-electron chi connectivity index (χ2n) is 10.4. The van der Waals surface area contributed by atoms with E-state index in [4.69, 9.17) is 4.74 Å². The highest BCUT2D eigenvalue weighted by Gasteiger charge is 2.25. The van der Waals surface area contributed by atoms with Crippen LogP contribution in [0.25, 0.3) is 32.3 Å². The van der Waals surface area contributed by atoms with E-state index in [9.17, 15) is 14.7 Å². The molecule has 2 amide bonds. The van der Waals surface area contributed by atoms with Gasteiger partial charge < -0.3 is 20.5 Å². The minimum absolute atomic E-state index is 0.138. The average Bonchev–Trinajstić information content (AvgIpc) is 2.86. The lowest BCUT2D eigenvalue weighted by molar-refractivity contribution is -0.123. The predicted octanol–water partition coefficient (Wildman–Crippen LogP) is 6.04. The van der Waals surface area contributed by atoms with Gasteiger partial charge in [-0.05, 0) is 76.3 Å². The molecule has 1 atom stereocenters. The summed E-state index contributed by atoms with van der Waals surface area (Å²) in [4.78, 5) is 25.8. The summed E-state index contributed by atoms with van der Waals surface area (Å²) in [5, 5.41) is 22.4. The van der Waals surface area contributed by atoms with Crippen LogP contribution < -0.4 is 10.6 Å². The molecule has 5 aromatic rings. The monoisotopic (exact) mass is 494 g/mol. The largest absolute Gasteiger partial charge is 0.508 e. The maximum Gasteiger partial charge on any atom is 0.408 e. The Labute approximate surface area is 215 Å². The van der Waals surface area contributed by atoms with E-state index in [2.05, 4.69) is 59.2 Å². The molecule has 0 aliphatic heterocycles. The second-order valence-corrected chi connectivity index (χ2v) is 10.4. The zero-order valence-electron chi connectivity index (χ0n) is 21.2. The van der Waals surface area contributed by atoms with E-state index >= 15 is 0 Å². The SMILES string of the molecule is CC(C)(C)OC(=O)N[C@@H](Cc1ccc(O)cc1)C(=O)NCc1ccc2ccc3cccc4ccc1c2c34. The lowest BCUT2D eigenvalue weighted by Gasteiger charge is -2.23. The lowest BCUT2D eigenvalue weighted by Crippen LogP contribution is -2.49. The quantitative estimate of drug-likeness (QED) is 0.251. The number of nitrogens with one attached hydrogen (secondary N) is 2. The Hall–Kier alpha value is -4.32. The summed E-state index contributed by atoms with van der Waals surface area (Å²) in [5.41, 5.74) is 1.11. The van der Waals surface area contributed by atoms with Crippen LogP contribution in [-0.4, -0.2) is 28.7 Å². The van der Waals surface area contributed by atoms with Gasteiger partial charge in [0.05, 0.1) is 0 Å². The van der Waals surface area contributed by atoms with Gasteiger partial charge in [-0.1, -0.05) is 66.7 Å². The van der Waals surface area contributed by atoms with Gasteiger partial charge in [-0.3, -0.25) is 4.79 Å². The molecule has 188 valence electrons. The number of rotatable bonds is 6. The molecule has 5 aromatic carbocycles. The second kappa shape index (κ2) is 9.62. The van der Waals surface area contributed by atoms with Gasteiger partial charge in [0.25, 0.3) is 0 Å². The molecule has 0 heterocycles. The number of benzene rings is 5. The molecular formula is C31H30N2O4. The van der Waals surface area contributed by atoms with Crippen molar-refractivity contribution in [2.75, 3.05) is 0 Å². The van der Waals surface area contributed by atoms with Crippen molar-refractivity contribution in [3.05, 3.63) is 90.0 Å². The molecule has 3 N–H and O–H groups in total. The summed E-state index contributed by atoms with van der Waals surface area (Å²) in [6.07, 6.45) is -0.404. The van der Waals surface area contributed by atoms with Crippen molar-refractivity contribution >= 4 is 44.3 Å². The van der Waals surface area contributed by atoms with Crippen LogP contribution >= 0.6 is 0 Å². The molecule has 0 aliphatic rings. The third-order valence-corrected chi connectivity index (χ3v) is 6.46. The molecule has 0 aromatic heterocycles. The number of ether oxygens (including phenoxy) is 1. The summed E-state index contributed by atoms with van der Waals surface area (Å²) >= 11 is 0. The van der Waals surface area contributed by atoms with Crippen molar-refractivity contribution in [1.29, 1.82) is 0 Å². The summed E-state index contributed by atoms with van der Waals surface area (Å²) in [7, 11) is 0. The highest BCUT2D eigenvalue weighted by atomic mass is 16.6. The van der Waals surface area contributed by atoms with Gasteiger partial charge >= 0.3 is 6.09 Å². The number of alkyl carbamates (subject to hydrolysis) is 1. The third-order valence-electron chi connectivity index (χ3n) is 6.46. The van der Waals surface area contributed by atoms with Crippen LogP contribution in [0.3, 0.4) is 0 Å². The van der Waals surface area contributed by atoms with Crippen molar-refractivity contribution in [2.24, 2.45) is 0 Å². The van der Waals surface area contributed by atoms with Crippen LogP contribution in [0.15, 0.2) is 78.9 Å². The minimum Gasteiger partial charge on any atom is -0.508 e. The van der Waals surface area contributed by atoms with Crippen LogP contribution in [0.5, 0.6) is 5.75 Å². The van der Waals surface area contributed by atoms with Gasteiger partial charge in [-0.15, -0.1) is 0 Å². The van der Waals surface area contributed by atoms with Crippen molar-refractivity contribution in [1.82, 2.24) is 10.6 Å². The highest BCUT2D eigenvalue weighted by Crippen LogP contribution is 2.35. The van der Waals surface area contributed by atoms with Gasteiger partial charge in [0.2, 0.25) is 5.91 Å². The molecule has 0 unspecified atom stereocenters. The Morgan fingerprint density at radius 3 is 2.14 bits per heavy atom. The van der Waals surface area contributed by atoms with Gasteiger partial charge in [0.1, 0.15) is 17.4 Å². The van der Waals surface area contributed by atoms with E-state index in [1.807, 2.05) is 6.07 Å². The molecule has 0 spiro atoms. The highest BCUT2D eigenvalue weighted by molar-refractivity contribution is 6.23. The van der Waals surface area contributed by atoms with Crippen LogP contribution in [0.1, 0.15) is 31.9 Å². The molecule has 0 saturated heterocycles. The van der Waals surface area contributed by atoms with E-state index < -0.39 is 17.7 Å². The average molecular weight is 495 g/mol. The fraction of sp³-hybridized carbons (Fsp3) is 0.226. The maximum absolute atomic E-state index is 13.3. The van der Waals surface area contributed by atoms with Crippen LogP contribution in [0, 0.1) is 0 Å². The van der Waals surface area contributed by atoms with Crippen LogP contribution in [0.2, 0.25) is 0 Å². The first-order valence-corrected chi connectivity index (χ1v) is 12.4. The van der Waals surface area contributed by atoms with Crippen molar-refractivity contribution in [3.63, 3.8) is 0 Å². The zero-order chi connectivity index (χ0) is 26.2. The first kappa shape index (κ1) is 24.4. The molecule has 0 fully saturated rings. The summed E-state index contributed by atoms with van der Waals surface area (Å²) in [6.45, 7) is 5.63. The Bertz CT molecular complexity index is 1570. The van der Waals surface area contributed by atoms with Crippen LogP contribution in [-0.2, 0) is 22.5 Å². The lowest BCUT2D eigenvalue weighted by atomic mass is 9.92. The Balaban J connectivity index is 1.40. The normalized spacial score (nSPS) is 12.6. The first-order valence-electron chi connectivity index (χ1n) is 12.4. The molecule has 5 rings (SSSR count). The fourth-order valence-electron chi connectivity index (χ4n) is 4.78. The van der Waals surface area contributed by atoms with Gasteiger partial charge in [-0.25, -0.2) is 4.79 Å². The Kier molecular flexibility index (Phi) is 6.34. The summed E-state index contributed by atoms with van der Waals surface area (Å²) < 4.78 is 5.39. The van der Waals surface area contributed by atoms with Crippen molar-refractivity contribution in [3.8, 4) is 5.75 Å². The van der Waals surface area contributed by atoms with E-state index in [-0.39, 0.29) is 18.1 Å². The molecule has 0 radical (unpaired) electrons. The number of hydrogen-bond donors (Lipinski definition) is 3. The number of phenolic OH excluding ortho intramolecular Hbond substituents is 1. The number of hydrogen-bond acceptors (Lipinski definition) is 4. The maximum atomic E-state index is 13.3. The van der Waals surface area contributed by atoms with E-state index in [1.165, 1.54) is 21.5 Å². The van der Waals surface area contributed by atoms with Gasteiger partial charge in [0, 0.05) is 13.0 Å². The van der Waals surface area contributed by atoms with Gasteiger partial charge in [0.15, 0.2) is 0 Å². The molecule has 0 saturated carbocycles. The molecule has 6 heteroatoms. The Morgan fingerprint density at radius 1 is 0.838 bits per heavy atom.